The van der Waals surface area contributed by atoms with Gasteiger partial charge in [0.25, 0.3) is 5.56 Å². The van der Waals surface area contributed by atoms with Crippen molar-refractivity contribution in [2.75, 3.05) is 6.61 Å². The maximum absolute atomic E-state index is 13.3. The summed E-state index contributed by atoms with van der Waals surface area (Å²) < 4.78 is 32.7. The Labute approximate surface area is 122 Å². The molecule has 0 aliphatic carbocycles. The summed E-state index contributed by atoms with van der Waals surface area (Å²) in [6, 6.07) is 3.03. The van der Waals surface area contributed by atoms with Gasteiger partial charge in [-0.15, -0.1) is 0 Å². The Bertz CT molecular complexity index is 778. The summed E-state index contributed by atoms with van der Waals surface area (Å²) in [5.74, 6) is -2.24. The van der Waals surface area contributed by atoms with Crippen molar-refractivity contribution in [3.8, 4) is 0 Å². The van der Waals surface area contributed by atoms with Crippen LogP contribution in [0.25, 0.3) is 10.8 Å². The summed E-state index contributed by atoms with van der Waals surface area (Å²) in [6.45, 7) is -0.531. The Morgan fingerprint density at radius 2 is 1.86 bits per heavy atom. The standard InChI is InChI=1S/C14H13F2NO5/c15-8-3-6-1-2-17(13(21)7(6)4-9(8)16)14-12(20)11(19)10(5-18)22-14/h1-4,10-12,14,18-20H,5H2/t10-,11-,12-,14-/m1/s1. The second-order valence-corrected chi connectivity index (χ2v) is 5.11. The topological polar surface area (TPSA) is 91.9 Å². The van der Waals surface area contributed by atoms with E-state index in [9.17, 15) is 23.8 Å². The zero-order valence-electron chi connectivity index (χ0n) is 11.2. The molecule has 0 amide bonds. The van der Waals surface area contributed by atoms with Gasteiger partial charge in [0, 0.05) is 6.20 Å². The number of hydrogen-bond acceptors (Lipinski definition) is 5. The molecule has 0 unspecified atom stereocenters. The summed E-state index contributed by atoms with van der Waals surface area (Å²) >= 11 is 0. The van der Waals surface area contributed by atoms with Gasteiger partial charge in [0.2, 0.25) is 0 Å². The van der Waals surface area contributed by atoms with Gasteiger partial charge in [-0.2, -0.15) is 0 Å². The first-order valence-corrected chi connectivity index (χ1v) is 6.56. The monoisotopic (exact) mass is 313 g/mol. The van der Waals surface area contributed by atoms with Crippen molar-refractivity contribution in [2.24, 2.45) is 0 Å². The van der Waals surface area contributed by atoms with Crippen LogP contribution in [-0.2, 0) is 4.74 Å². The van der Waals surface area contributed by atoms with Crippen molar-refractivity contribution in [2.45, 2.75) is 24.5 Å². The van der Waals surface area contributed by atoms with Crippen LogP contribution >= 0.6 is 0 Å². The number of aliphatic hydroxyl groups is 3. The molecule has 2 aromatic rings. The fourth-order valence-electron chi connectivity index (χ4n) is 2.56. The predicted molar refractivity (Wildman–Crippen MR) is 71.1 cm³/mol. The number of rotatable bonds is 2. The highest BCUT2D eigenvalue weighted by Crippen LogP contribution is 2.28. The van der Waals surface area contributed by atoms with E-state index in [1.807, 2.05) is 0 Å². The van der Waals surface area contributed by atoms with Gasteiger partial charge in [-0.1, -0.05) is 0 Å². The van der Waals surface area contributed by atoms with Crippen LogP contribution in [0, 0.1) is 11.6 Å². The number of halogens is 2. The second kappa shape index (κ2) is 5.40. The van der Waals surface area contributed by atoms with Crippen molar-refractivity contribution in [1.82, 2.24) is 4.57 Å². The smallest absolute Gasteiger partial charge is 0.260 e. The summed E-state index contributed by atoms with van der Waals surface area (Å²) in [4.78, 5) is 12.4. The van der Waals surface area contributed by atoms with Crippen molar-refractivity contribution in [3.05, 3.63) is 46.4 Å². The summed E-state index contributed by atoms with van der Waals surface area (Å²) in [7, 11) is 0. The molecule has 6 nitrogen and oxygen atoms in total. The van der Waals surface area contributed by atoms with Gasteiger partial charge in [-0.3, -0.25) is 9.36 Å². The van der Waals surface area contributed by atoms with Gasteiger partial charge in [-0.05, 0) is 23.6 Å². The molecule has 0 spiro atoms. The molecule has 1 aliphatic heterocycles. The highest BCUT2D eigenvalue weighted by molar-refractivity contribution is 5.81. The van der Waals surface area contributed by atoms with E-state index < -0.39 is 48.3 Å². The maximum Gasteiger partial charge on any atom is 0.260 e. The average Bonchev–Trinajstić information content (AvgIpc) is 2.78. The lowest BCUT2D eigenvalue weighted by atomic mass is 10.1. The minimum Gasteiger partial charge on any atom is -0.394 e. The number of benzene rings is 1. The molecular weight excluding hydrogens is 300 g/mol. The molecule has 3 rings (SSSR count). The lowest BCUT2D eigenvalue weighted by Gasteiger charge is -2.18. The summed E-state index contributed by atoms with van der Waals surface area (Å²) in [5, 5.41) is 28.8. The Hall–Kier alpha value is -1.87. The van der Waals surface area contributed by atoms with E-state index >= 15 is 0 Å². The number of aliphatic hydroxyl groups excluding tert-OH is 3. The van der Waals surface area contributed by atoms with Crippen LogP contribution in [0.15, 0.2) is 29.2 Å². The van der Waals surface area contributed by atoms with E-state index in [2.05, 4.69) is 0 Å². The van der Waals surface area contributed by atoms with Crippen LogP contribution in [-0.4, -0.2) is 44.8 Å². The molecule has 2 heterocycles. The molecule has 1 saturated heterocycles. The van der Waals surface area contributed by atoms with Gasteiger partial charge >= 0.3 is 0 Å². The molecule has 1 aliphatic rings. The lowest BCUT2D eigenvalue weighted by Crippen LogP contribution is -2.35. The quantitative estimate of drug-likeness (QED) is 0.720. The third-order valence-electron chi connectivity index (χ3n) is 3.76. The second-order valence-electron chi connectivity index (χ2n) is 5.11. The number of fused-ring (bicyclic) bond motifs is 1. The molecule has 1 aromatic carbocycles. The molecule has 3 N–H and O–H groups in total. The minimum absolute atomic E-state index is 0.0841. The zero-order valence-corrected chi connectivity index (χ0v) is 11.2. The van der Waals surface area contributed by atoms with E-state index in [4.69, 9.17) is 9.84 Å². The van der Waals surface area contributed by atoms with Crippen LogP contribution in [0.2, 0.25) is 0 Å². The van der Waals surface area contributed by atoms with Crippen LogP contribution in [0.4, 0.5) is 8.78 Å². The molecule has 1 fully saturated rings. The fraction of sp³-hybridized carbons (Fsp3) is 0.357. The zero-order chi connectivity index (χ0) is 16.0. The van der Waals surface area contributed by atoms with E-state index in [0.29, 0.717) is 0 Å². The Morgan fingerprint density at radius 3 is 2.50 bits per heavy atom. The van der Waals surface area contributed by atoms with Crippen molar-refractivity contribution >= 4 is 10.8 Å². The Kier molecular flexibility index (Phi) is 3.69. The first-order valence-electron chi connectivity index (χ1n) is 6.56. The van der Waals surface area contributed by atoms with Gasteiger partial charge in [0.15, 0.2) is 17.9 Å². The molecule has 22 heavy (non-hydrogen) atoms. The van der Waals surface area contributed by atoms with Gasteiger partial charge in [-0.25, -0.2) is 8.78 Å². The van der Waals surface area contributed by atoms with Crippen LogP contribution in [0.5, 0.6) is 0 Å². The molecule has 0 bridgehead atoms. The SMILES string of the molecule is O=c1c2cc(F)c(F)cc2ccn1[C@@H]1O[C@H](CO)[C@@H](O)[C@H]1O. The van der Waals surface area contributed by atoms with Crippen molar-refractivity contribution in [3.63, 3.8) is 0 Å². The van der Waals surface area contributed by atoms with Crippen molar-refractivity contribution < 1.29 is 28.8 Å². The van der Waals surface area contributed by atoms with Gasteiger partial charge in [0.05, 0.1) is 12.0 Å². The Morgan fingerprint density at radius 1 is 1.18 bits per heavy atom. The summed E-state index contributed by atoms with van der Waals surface area (Å²) in [5.41, 5.74) is -0.703. The third kappa shape index (κ3) is 2.20. The van der Waals surface area contributed by atoms with Crippen molar-refractivity contribution in [1.29, 1.82) is 0 Å². The lowest BCUT2D eigenvalue weighted by molar-refractivity contribution is -0.0541. The normalized spacial score (nSPS) is 28.4. The minimum atomic E-state index is -1.43. The molecule has 0 saturated carbocycles. The van der Waals surface area contributed by atoms with Crippen LogP contribution < -0.4 is 5.56 Å². The first-order chi connectivity index (χ1) is 10.4. The third-order valence-corrected chi connectivity index (χ3v) is 3.76. The average molecular weight is 313 g/mol. The molecule has 0 radical (unpaired) electrons. The van der Waals surface area contributed by atoms with E-state index in [1.165, 1.54) is 12.3 Å². The van der Waals surface area contributed by atoms with Gasteiger partial charge in [0.1, 0.15) is 18.3 Å². The summed E-state index contributed by atoms with van der Waals surface area (Å²) in [6.07, 6.45) is -3.80. The number of hydrogen-bond donors (Lipinski definition) is 3. The molecule has 8 heteroatoms. The van der Waals surface area contributed by atoms with E-state index in [-0.39, 0.29) is 10.8 Å². The molecule has 118 valence electrons. The Balaban J connectivity index is 2.11. The highest BCUT2D eigenvalue weighted by atomic mass is 19.2. The molecule has 1 aromatic heterocycles. The van der Waals surface area contributed by atoms with Crippen LogP contribution in [0.1, 0.15) is 6.23 Å². The van der Waals surface area contributed by atoms with Gasteiger partial charge < -0.3 is 20.1 Å². The molecular formula is C14H13F2NO5. The fourth-order valence-corrected chi connectivity index (χ4v) is 2.56. The van der Waals surface area contributed by atoms with E-state index in [0.717, 1.165) is 16.7 Å². The van der Waals surface area contributed by atoms with Crippen LogP contribution in [0.3, 0.4) is 0 Å². The highest BCUT2D eigenvalue weighted by Gasteiger charge is 2.43. The number of ether oxygens (including phenoxy) is 1. The van der Waals surface area contributed by atoms with E-state index in [1.54, 1.807) is 0 Å². The maximum atomic E-state index is 13.3. The molecule has 4 atom stereocenters. The number of nitrogens with zero attached hydrogens (tertiary/aromatic N) is 1. The number of pyridine rings is 1. The first kappa shape index (κ1) is 15.0. The number of aromatic nitrogens is 1. The largest absolute Gasteiger partial charge is 0.394 e. The predicted octanol–water partition coefficient (Wildman–Crippen LogP) is -0.109.